The molecule has 0 radical (unpaired) electrons. The molecule has 0 bridgehead atoms. The van der Waals surface area contributed by atoms with Gasteiger partial charge in [0.15, 0.2) is 17.3 Å². The molecule has 4 rings (SSSR count). The lowest BCUT2D eigenvalue weighted by Crippen LogP contribution is -2.31. The molecule has 0 saturated carbocycles. The van der Waals surface area contributed by atoms with E-state index in [4.69, 9.17) is 14.5 Å². The van der Waals surface area contributed by atoms with Crippen LogP contribution in [0.3, 0.4) is 0 Å². The molecule has 3 aromatic rings. The standard InChI is InChI=1S/C21H23N5O2/c1-25(17-7-5-4-6-8-17)21-23-20(13-22-24-21)26-10-9-15-11-18(27-2)19(28-3)12-16(15)14-26/h4-8,11-13H,9-10,14H2,1-3H3. The third-order valence-electron chi connectivity index (χ3n) is 5.02. The number of aromatic nitrogens is 3. The molecule has 7 nitrogen and oxygen atoms in total. The Hall–Kier alpha value is -3.35. The van der Waals surface area contributed by atoms with Crippen LogP contribution < -0.4 is 19.3 Å². The Kier molecular flexibility index (Phi) is 4.97. The molecule has 0 saturated heterocycles. The molecular formula is C21H23N5O2. The molecule has 0 aliphatic carbocycles. The Bertz CT molecular complexity index is 964. The van der Waals surface area contributed by atoms with Crippen LogP contribution in [0.1, 0.15) is 11.1 Å². The third kappa shape index (κ3) is 3.43. The van der Waals surface area contributed by atoms with E-state index in [-0.39, 0.29) is 0 Å². The van der Waals surface area contributed by atoms with Gasteiger partial charge in [0.05, 0.1) is 20.4 Å². The Labute approximate surface area is 164 Å². The highest BCUT2D eigenvalue weighted by Gasteiger charge is 2.21. The maximum absolute atomic E-state index is 5.45. The van der Waals surface area contributed by atoms with Gasteiger partial charge in [-0.15, -0.1) is 5.10 Å². The second-order valence-corrected chi connectivity index (χ2v) is 6.66. The molecule has 0 unspecified atom stereocenters. The largest absolute Gasteiger partial charge is 0.493 e. The number of methoxy groups -OCH3 is 2. The predicted molar refractivity (Wildman–Crippen MR) is 109 cm³/mol. The zero-order chi connectivity index (χ0) is 19.5. The van der Waals surface area contributed by atoms with Crippen molar-refractivity contribution in [1.82, 2.24) is 15.2 Å². The zero-order valence-corrected chi connectivity index (χ0v) is 16.3. The number of rotatable bonds is 5. The minimum atomic E-state index is 0.571. The van der Waals surface area contributed by atoms with Crippen molar-refractivity contribution < 1.29 is 9.47 Å². The summed E-state index contributed by atoms with van der Waals surface area (Å²) in [7, 11) is 5.26. The van der Waals surface area contributed by atoms with Gasteiger partial charge < -0.3 is 19.3 Å². The van der Waals surface area contributed by atoms with Crippen molar-refractivity contribution in [3.63, 3.8) is 0 Å². The summed E-state index contributed by atoms with van der Waals surface area (Å²) in [6.07, 6.45) is 2.62. The summed E-state index contributed by atoms with van der Waals surface area (Å²) in [4.78, 5) is 8.89. The van der Waals surface area contributed by atoms with E-state index in [0.29, 0.717) is 5.95 Å². The van der Waals surface area contributed by atoms with E-state index < -0.39 is 0 Å². The molecule has 0 fully saturated rings. The van der Waals surface area contributed by atoms with Crippen molar-refractivity contribution in [2.45, 2.75) is 13.0 Å². The minimum Gasteiger partial charge on any atom is -0.493 e. The van der Waals surface area contributed by atoms with Gasteiger partial charge in [-0.25, -0.2) is 0 Å². The summed E-state index contributed by atoms with van der Waals surface area (Å²) >= 11 is 0. The number of anilines is 3. The van der Waals surface area contributed by atoms with E-state index in [0.717, 1.165) is 42.5 Å². The molecule has 144 valence electrons. The first kappa shape index (κ1) is 18.0. The molecule has 1 aliphatic heterocycles. The van der Waals surface area contributed by atoms with Gasteiger partial charge in [0, 0.05) is 25.8 Å². The highest BCUT2D eigenvalue weighted by Crippen LogP contribution is 2.34. The SMILES string of the molecule is COc1cc2c(cc1OC)CN(c1cnnc(N(C)c3ccccc3)n1)CC2. The lowest BCUT2D eigenvalue weighted by atomic mass is 9.99. The molecule has 2 heterocycles. The van der Waals surface area contributed by atoms with Crippen LogP contribution in [0.5, 0.6) is 11.5 Å². The third-order valence-corrected chi connectivity index (χ3v) is 5.02. The Morgan fingerprint density at radius 2 is 1.71 bits per heavy atom. The molecule has 1 aliphatic rings. The fraction of sp³-hybridized carbons (Fsp3) is 0.286. The van der Waals surface area contributed by atoms with Crippen LogP contribution in [-0.2, 0) is 13.0 Å². The highest BCUT2D eigenvalue weighted by atomic mass is 16.5. The minimum absolute atomic E-state index is 0.571. The monoisotopic (exact) mass is 377 g/mol. The number of para-hydroxylation sites is 1. The van der Waals surface area contributed by atoms with Gasteiger partial charge in [-0.1, -0.05) is 18.2 Å². The van der Waals surface area contributed by atoms with E-state index in [1.54, 1.807) is 20.4 Å². The molecule has 28 heavy (non-hydrogen) atoms. The maximum atomic E-state index is 5.45. The molecule has 7 heteroatoms. The summed E-state index contributed by atoms with van der Waals surface area (Å²) in [5, 5.41) is 8.39. The van der Waals surface area contributed by atoms with Crippen molar-refractivity contribution in [2.75, 3.05) is 37.6 Å². The second-order valence-electron chi connectivity index (χ2n) is 6.66. The van der Waals surface area contributed by atoms with Crippen molar-refractivity contribution in [1.29, 1.82) is 0 Å². The van der Waals surface area contributed by atoms with Crippen molar-refractivity contribution >= 4 is 17.5 Å². The molecule has 0 spiro atoms. The molecule has 0 amide bonds. The first-order chi connectivity index (χ1) is 13.7. The number of ether oxygens (including phenoxy) is 2. The maximum Gasteiger partial charge on any atom is 0.251 e. The zero-order valence-electron chi connectivity index (χ0n) is 16.3. The quantitative estimate of drug-likeness (QED) is 0.676. The lowest BCUT2D eigenvalue weighted by molar-refractivity contribution is 0.353. The van der Waals surface area contributed by atoms with E-state index >= 15 is 0 Å². The molecular weight excluding hydrogens is 354 g/mol. The van der Waals surface area contributed by atoms with Crippen LogP contribution in [0.4, 0.5) is 17.5 Å². The van der Waals surface area contributed by atoms with Gasteiger partial charge in [0.1, 0.15) is 0 Å². The fourth-order valence-corrected chi connectivity index (χ4v) is 3.43. The summed E-state index contributed by atoms with van der Waals surface area (Å²) < 4.78 is 10.9. The van der Waals surface area contributed by atoms with E-state index in [1.165, 1.54) is 11.1 Å². The smallest absolute Gasteiger partial charge is 0.251 e. The Morgan fingerprint density at radius 1 is 1.00 bits per heavy atom. The van der Waals surface area contributed by atoms with Crippen LogP contribution >= 0.6 is 0 Å². The topological polar surface area (TPSA) is 63.6 Å². The van der Waals surface area contributed by atoms with E-state index in [2.05, 4.69) is 21.2 Å². The van der Waals surface area contributed by atoms with Gasteiger partial charge in [-0.3, -0.25) is 0 Å². The fourth-order valence-electron chi connectivity index (χ4n) is 3.43. The molecule has 0 N–H and O–H groups in total. The summed E-state index contributed by atoms with van der Waals surface area (Å²) in [5.74, 6) is 2.90. The van der Waals surface area contributed by atoms with Gasteiger partial charge in [-0.05, 0) is 41.8 Å². The van der Waals surface area contributed by atoms with Gasteiger partial charge >= 0.3 is 0 Å². The predicted octanol–water partition coefficient (Wildman–Crippen LogP) is 3.22. The average Bonchev–Trinajstić information content (AvgIpc) is 2.77. The Balaban J connectivity index is 1.59. The Morgan fingerprint density at radius 3 is 2.43 bits per heavy atom. The van der Waals surface area contributed by atoms with Gasteiger partial charge in [0.25, 0.3) is 5.95 Å². The number of nitrogens with zero attached hydrogens (tertiary/aromatic N) is 5. The van der Waals surface area contributed by atoms with Crippen molar-refractivity contribution in [2.24, 2.45) is 0 Å². The summed E-state index contributed by atoms with van der Waals surface area (Å²) in [5.41, 5.74) is 3.50. The molecule has 2 aromatic carbocycles. The second kappa shape index (κ2) is 7.72. The van der Waals surface area contributed by atoms with Crippen LogP contribution in [0.2, 0.25) is 0 Å². The number of hydrogen-bond donors (Lipinski definition) is 0. The number of hydrogen-bond acceptors (Lipinski definition) is 7. The summed E-state index contributed by atoms with van der Waals surface area (Å²) in [6.45, 7) is 1.60. The van der Waals surface area contributed by atoms with Gasteiger partial charge in [0.2, 0.25) is 0 Å². The molecule has 1 aromatic heterocycles. The van der Waals surface area contributed by atoms with E-state index in [1.807, 2.05) is 48.3 Å². The summed E-state index contributed by atoms with van der Waals surface area (Å²) in [6, 6.07) is 14.1. The average molecular weight is 377 g/mol. The normalized spacial score (nSPS) is 13.0. The first-order valence-electron chi connectivity index (χ1n) is 9.17. The van der Waals surface area contributed by atoms with E-state index in [9.17, 15) is 0 Å². The van der Waals surface area contributed by atoms with Crippen LogP contribution in [0, 0.1) is 0 Å². The molecule has 0 atom stereocenters. The van der Waals surface area contributed by atoms with Crippen LogP contribution in [0.25, 0.3) is 0 Å². The number of benzene rings is 2. The highest BCUT2D eigenvalue weighted by molar-refractivity contribution is 5.57. The first-order valence-corrected chi connectivity index (χ1v) is 9.17. The van der Waals surface area contributed by atoms with Crippen molar-refractivity contribution in [3.05, 3.63) is 59.8 Å². The van der Waals surface area contributed by atoms with Crippen LogP contribution in [-0.4, -0.2) is 43.0 Å². The van der Waals surface area contributed by atoms with Crippen molar-refractivity contribution in [3.8, 4) is 11.5 Å². The lowest BCUT2D eigenvalue weighted by Gasteiger charge is -2.30. The van der Waals surface area contributed by atoms with Crippen LogP contribution in [0.15, 0.2) is 48.7 Å². The van der Waals surface area contributed by atoms with Gasteiger partial charge in [-0.2, -0.15) is 10.1 Å². The number of fused-ring (bicyclic) bond motifs is 1.